The molecule has 2 atom stereocenters. The van der Waals surface area contributed by atoms with Crippen molar-refractivity contribution in [2.75, 3.05) is 20.1 Å². The van der Waals surface area contributed by atoms with Gasteiger partial charge in [-0.05, 0) is 44.1 Å². The molecule has 1 amide bonds. The summed E-state index contributed by atoms with van der Waals surface area (Å²) in [5.41, 5.74) is -0.448. The number of rotatable bonds is 2. The number of piperidine rings is 1. The van der Waals surface area contributed by atoms with Crippen LogP contribution in [0.5, 0.6) is 0 Å². The van der Waals surface area contributed by atoms with Gasteiger partial charge in [0.05, 0.1) is 11.1 Å². The van der Waals surface area contributed by atoms with Crippen LogP contribution >= 0.6 is 0 Å². The fraction of sp³-hybridized carbons (Fsp3) is 0.500. The second kappa shape index (κ2) is 6.08. The maximum absolute atomic E-state index is 12.8. The molecular formula is C16H19F3N4O. The molecule has 0 saturated carbocycles. The summed E-state index contributed by atoms with van der Waals surface area (Å²) in [5.74, 6) is -0.0275. The number of fused-ring (bicyclic) bond motifs is 1. The van der Waals surface area contributed by atoms with Crippen molar-refractivity contribution in [3.63, 3.8) is 0 Å². The van der Waals surface area contributed by atoms with Gasteiger partial charge in [-0.3, -0.25) is 9.89 Å². The van der Waals surface area contributed by atoms with E-state index >= 15 is 0 Å². The molecule has 24 heavy (non-hydrogen) atoms. The maximum Gasteiger partial charge on any atom is 0.416 e. The van der Waals surface area contributed by atoms with Crippen LogP contribution in [0, 0.1) is 5.92 Å². The molecule has 8 heteroatoms. The van der Waals surface area contributed by atoms with Crippen molar-refractivity contribution in [3.8, 4) is 0 Å². The highest BCUT2D eigenvalue weighted by molar-refractivity contribution is 6.04. The van der Waals surface area contributed by atoms with Crippen LogP contribution in [0.1, 0.15) is 29.4 Å². The normalized spacial score (nSPS) is 22.7. The quantitative estimate of drug-likeness (QED) is 0.884. The Morgan fingerprint density at radius 3 is 2.88 bits per heavy atom. The Bertz CT molecular complexity index is 755. The van der Waals surface area contributed by atoms with E-state index in [9.17, 15) is 18.0 Å². The van der Waals surface area contributed by atoms with E-state index < -0.39 is 11.7 Å². The molecule has 1 saturated heterocycles. The summed E-state index contributed by atoms with van der Waals surface area (Å²) >= 11 is 0. The number of hydrogen-bond donors (Lipinski definition) is 2. The van der Waals surface area contributed by atoms with Crippen molar-refractivity contribution < 1.29 is 18.0 Å². The first-order valence-corrected chi connectivity index (χ1v) is 7.80. The lowest BCUT2D eigenvalue weighted by Crippen LogP contribution is -2.50. The number of likely N-dealkylation sites (N-methyl/N-ethyl adjacent to an activating group) is 1. The predicted molar refractivity (Wildman–Crippen MR) is 83.6 cm³/mol. The Kier molecular flexibility index (Phi) is 4.25. The van der Waals surface area contributed by atoms with E-state index in [4.69, 9.17) is 0 Å². The van der Waals surface area contributed by atoms with Gasteiger partial charge in [0.2, 0.25) is 0 Å². The highest BCUT2D eigenvalue weighted by atomic mass is 19.4. The molecule has 130 valence electrons. The Morgan fingerprint density at radius 2 is 2.17 bits per heavy atom. The van der Waals surface area contributed by atoms with E-state index in [0.717, 1.165) is 31.6 Å². The largest absolute Gasteiger partial charge is 0.416 e. The monoisotopic (exact) mass is 340 g/mol. The number of H-pyrrole nitrogens is 1. The number of alkyl halides is 3. The summed E-state index contributed by atoms with van der Waals surface area (Å²) in [6.45, 7) is 3.81. The van der Waals surface area contributed by atoms with Crippen molar-refractivity contribution in [3.05, 3.63) is 29.5 Å². The summed E-state index contributed by atoms with van der Waals surface area (Å²) in [6.07, 6.45) is -3.44. The Hall–Kier alpha value is -2.09. The van der Waals surface area contributed by atoms with Gasteiger partial charge in [0.15, 0.2) is 5.69 Å². The summed E-state index contributed by atoms with van der Waals surface area (Å²) in [5, 5.41) is 9.77. The number of hydrogen-bond acceptors (Lipinski definition) is 3. The minimum Gasteiger partial charge on any atom is -0.346 e. The molecule has 1 unspecified atom stereocenters. The van der Waals surface area contributed by atoms with Gasteiger partial charge in [-0.2, -0.15) is 18.3 Å². The number of halogens is 3. The van der Waals surface area contributed by atoms with E-state index in [0.29, 0.717) is 11.3 Å². The number of aromatic nitrogens is 2. The molecule has 0 radical (unpaired) electrons. The fourth-order valence-corrected chi connectivity index (χ4v) is 3.03. The zero-order valence-electron chi connectivity index (χ0n) is 13.4. The number of benzene rings is 1. The molecule has 2 N–H and O–H groups in total. The number of likely N-dealkylation sites (tertiary alicyclic amines) is 1. The summed E-state index contributed by atoms with van der Waals surface area (Å²) in [6, 6.07) is 3.21. The second-order valence-corrected chi connectivity index (χ2v) is 6.44. The smallest absolute Gasteiger partial charge is 0.346 e. The molecule has 2 aromatic rings. The Balaban J connectivity index is 1.83. The Morgan fingerprint density at radius 1 is 1.42 bits per heavy atom. The number of nitrogens with zero attached hydrogens (tertiary/aromatic N) is 2. The SMILES string of the molecule is CC1CCN(C)C[C@@H]1NC(=O)c1n[nH]c2cc(C(F)(F)F)ccc12. The van der Waals surface area contributed by atoms with Crippen LogP contribution in [-0.4, -0.2) is 47.2 Å². The minimum absolute atomic E-state index is 0.00236. The molecule has 5 nitrogen and oxygen atoms in total. The third kappa shape index (κ3) is 3.24. The van der Waals surface area contributed by atoms with Crippen molar-refractivity contribution in [2.45, 2.75) is 25.6 Å². The van der Waals surface area contributed by atoms with Crippen molar-refractivity contribution >= 4 is 16.8 Å². The van der Waals surface area contributed by atoms with Gasteiger partial charge in [-0.25, -0.2) is 0 Å². The van der Waals surface area contributed by atoms with E-state index in [1.165, 1.54) is 6.07 Å². The van der Waals surface area contributed by atoms with Gasteiger partial charge in [0.1, 0.15) is 0 Å². The van der Waals surface area contributed by atoms with Crippen molar-refractivity contribution in [2.24, 2.45) is 5.92 Å². The molecule has 3 rings (SSSR count). The van der Waals surface area contributed by atoms with Gasteiger partial charge in [-0.15, -0.1) is 0 Å². The first-order valence-electron chi connectivity index (χ1n) is 7.80. The van der Waals surface area contributed by atoms with Crippen LogP contribution in [0.25, 0.3) is 10.9 Å². The topological polar surface area (TPSA) is 61.0 Å². The van der Waals surface area contributed by atoms with Gasteiger partial charge < -0.3 is 10.2 Å². The van der Waals surface area contributed by atoms with Crippen LogP contribution in [0.4, 0.5) is 13.2 Å². The number of amides is 1. The van der Waals surface area contributed by atoms with E-state index in [1.807, 2.05) is 7.05 Å². The summed E-state index contributed by atoms with van der Waals surface area (Å²) in [4.78, 5) is 14.6. The lowest BCUT2D eigenvalue weighted by molar-refractivity contribution is -0.137. The standard InChI is InChI=1S/C16H19F3N4O/c1-9-5-6-23(2)8-13(9)20-15(24)14-11-4-3-10(16(17,18)19)7-12(11)21-22-14/h3-4,7,9,13H,5-6,8H2,1-2H3,(H,20,24)(H,21,22)/t9?,13-/m0/s1. The van der Waals surface area contributed by atoms with Gasteiger partial charge >= 0.3 is 6.18 Å². The molecular weight excluding hydrogens is 321 g/mol. The van der Waals surface area contributed by atoms with Crippen molar-refractivity contribution in [1.29, 1.82) is 0 Å². The molecule has 0 aliphatic carbocycles. The number of aromatic amines is 1. The molecule has 0 bridgehead atoms. The predicted octanol–water partition coefficient (Wildman–Crippen LogP) is 2.65. The second-order valence-electron chi connectivity index (χ2n) is 6.44. The highest BCUT2D eigenvalue weighted by Gasteiger charge is 2.31. The molecule has 0 spiro atoms. The van der Waals surface area contributed by atoms with Crippen LogP contribution in [0.3, 0.4) is 0 Å². The summed E-state index contributed by atoms with van der Waals surface area (Å²) in [7, 11) is 1.99. The van der Waals surface area contributed by atoms with Crippen LogP contribution in [0.15, 0.2) is 18.2 Å². The maximum atomic E-state index is 12.8. The molecule has 1 fully saturated rings. The first-order chi connectivity index (χ1) is 11.3. The van der Waals surface area contributed by atoms with Crippen LogP contribution < -0.4 is 5.32 Å². The number of carbonyl (C=O) groups is 1. The lowest BCUT2D eigenvalue weighted by atomic mass is 9.93. The number of carbonyl (C=O) groups excluding carboxylic acids is 1. The Labute approximate surface area is 137 Å². The summed E-state index contributed by atoms with van der Waals surface area (Å²) < 4.78 is 38.3. The van der Waals surface area contributed by atoms with Crippen molar-refractivity contribution in [1.82, 2.24) is 20.4 Å². The molecule has 1 aromatic heterocycles. The molecule has 2 heterocycles. The molecule has 1 aliphatic heterocycles. The molecule has 1 aliphatic rings. The lowest BCUT2D eigenvalue weighted by Gasteiger charge is -2.35. The first kappa shape index (κ1) is 16.8. The number of nitrogens with one attached hydrogen (secondary N) is 2. The van der Waals surface area contributed by atoms with Gasteiger partial charge in [-0.1, -0.05) is 6.92 Å². The fourth-order valence-electron chi connectivity index (χ4n) is 3.03. The van der Waals surface area contributed by atoms with E-state index in [-0.39, 0.29) is 23.2 Å². The zero-order chi connectivity index (χ0) is 17.5. The minimum atomic E-state index is -4.43. The zero-order valence-corrected chi connectivity index (χ0v) is 13.4. The third-order valence-electron chi connectivity index (χ3n) is 4.58. The van der Waals surface area contributed by atoms with Gasteiger partial charge in [0.25, 0.3) is 5.91 Å². The van der Waals surface area contributed by atoms with E-state index in [2.05, 4.69) is 27.3 Å². The third-order valence-corrected chi connectivity index (χ3v) is 4.58. The van der Waals surface area contributed by atoms with Crippen LogP contribution in [0.2, 0.25) is 0 Å². The van der Waals surface area contributed by atoms with E-state index in [1.54, 1.807) is 0 Å². The average Bonchev–Trinajstić information content (AvgIpc) is 2.93. The average molecular weight is 340 g/mol. The van der Waals surface area contributed by atoms with Crippen LogP contribution in [-0.2, 0) is 6.18 Å². The van der Waals surface area contributed by atoms with Gasteiger partial charge in [0, 0.05) is 18.0 Å². The molecule has 1 aromatic carbocycles. The highest BCUT2D eigenvalue weighted by Crippen LogP contribution is 2.31.